The molecule has 2 N–H and O–H groups in total. The van der Waals surface area contributed by atoms with Crippen molar-refractivity contribution in [3.05, 3.63) is 27.7 Å². The first-order chi connectivity index (χ1) is 8.16. The highest BCUT2D eigenvalue weighted by Crippen LogP contribution is 2.29. The van der Waals surface area contributed by atoms with Gasteiger partial charge in [-0.1, -0.05) is 23.2 Å². The van der Waals surface area contributed by atoms with Crippen LogP contribution in [0.25, 0.3) is 0 Å². The third kappa shape index (κ3) is 3.49. The number of anilines is 1. The van der Waals surface area contributed by atoms with Gasteiger partial charge in [0.2, 0.25) is 0 Å². The van der Waals surface area contributed by atoms with Crippen molar-refractivity contribution in [2.45, 2.75) is 32.2 Å². The van der Waals surface area contributed by atoms with E-state index in [0.717, 1.165) is 31.4 Å². The van der Waals surface area contributed by atoms with Crippen molar-refractivity contribution >= 4 is 28.9 Å². The maximum Gasteiger partial charge on any atom is 0.158 e. The molecule has 0 spiro atoms. The minimum atomic E-state index is -0.112. The van der Waals surface area contributed by atoms with Crippen LogP contribution in [0.5, 0.6) is 0 Å². The molecule has 3 nitrogen and oxygen atoms in total. The van der Waals surface area contributed by atoms with Crippen LogP contribution in [0.15, 0.2) is 12.1 Å². The highest BCUT2D eigenvalue weighted by Gasteiger charge is 2.14. The number of hydrogen-bond donors (Lipinski definition) is 1. The van der Waals surface area contributed by atoms with Gasteiger partial charge in [0, 0.05) is 6.61 Å². The quantitative estimate of drug-likeness (QED) is 0.857. The van der Waals surface area contributed by atoms with Crippen molar-refractivity contribution in [2.24, 2.45) is 0 Å². The molecule has 0 saturated carbocycles. The monoisotopic (exact) mass is 275 g/mol. The molecule has 5 heteroatoms. The van der Waals surface area contributed by atoms with E-state index >= 15 is 0 Å². The van der Waals surface area contributed by atoms with Crippen molar-refractivity contribution in [1.82, 2.24) is 0 Å². The first-order valence-corrected chi connectivity index (χ1v) is 6.39. The second-order valence-corrected chi connectivity index (χ2v) is 4.89. The van der Waals surface area contributed by atoms with Gasteiger partial charge in [-0.2, -0.15) is 0 Å². The third-order valence-corrected chi connectivity index (χ3v) is 3.34. The molecule has 0 aliphatic carbocycles. The number of benzene rings is 1. The molecule has 1 atom stereocenters. The minimum Gasteiger partial charge on any atom is -0.396 e. The van der Waals surface area contributed by atoms with Crippen molar-refractivity contribution in [3.63, 3.8) is 0 Å². The van der Waals surface area contributed by atoms with Crippen LogP contribution in [0.4, 0.5) is 5.69 Å². The van der Waals surface area contributed by atoms with Gasteiger partial charge >= 0.3 is 0 Å². The van der Waals surface area contributed by atoms with Gasteiger partial charge in [0.25, 0.3) is 0 Å². The number of ether oxygens (including phenoxy) is 2. The molecule has 2 rings (SSSR count). The first kappa shape index (κ1) is 13.0. The van der Waals surface area contributed by atoms with E-state index < -0.39 is 0 Å². The molecule has 1 aliphatic heterocycles. The Morgan fingerprint density at radius 1 is 1.29 bits per heavy atom. The second-order valence-electron chi connectivity index (χ2n) is 4.08. The Kier molecular flexibility index (Phi) is 4.51. The predicted octanol–water partition coefficient (Wildman–Crippen LogP) is 3.62. The van der Waals surface area contributed by atoms with Crippen LogP contribution in [-0.4, -0.2) is 12.9 Å². The second kappa shape index (κ2) is 5.91. The maximum absolute atomic E-state index is 5.94. The largest absolute Gasteiger partial charge is 0.396 e. The van der Waals surface area contributed by atoms with Crippen molar-refractivity contribution in [3.8, 4) is 0 Å². The molecular formula is C12H15Cl2NO2. The standard InChI is InChI=1S/C12H15Cl2NO2/c13-9-5-8(6-10(14)12(9)15)7-17-11-3-1-2-4-16-11/h5-6,11H,1-4,7,15H2. The molecule has 1 heterocycles. The Morgan fingerprint density at radius 3 is 2.59 bits per heavy atom. The van der Waals surface area contributed by atoms with Gasteiger partial charge in [-0.3, -0.25) is 0 Å². The van der Waals surface area contributed by atoms with Crippen molar-refractivity contribution in [2.75, 3.05) is 12.3 Å². The zero-order valence-corrected chi connectivity index (χ0v) is 10.9. The molecular weight excluding hydrogens is 261 g/mol. The molecule has 1 fully saturated rings. The van der Waals surface area contributed by atoms with Crippen LogP contribution < -0.4 is 5.73 Å². The summed E-state index contributed by atoms with van der Waals surface area (Å²) in [4.78, 5) is 0. The third-order valence-electron chi connectivity index (χ3n) is 2.71. The summed E-state index contributed by atoms with van der Waals surface area (Å²) in [5, 5.41) is 0.918. The van der Waals surface area contributed by atoms with Gasteiger partial charge < -0.3 is 15.2 Å². The molecule has 0 radical (unpaired) electrons. The Balaban J connectivity index is 1.94. The average molecular weight is 276 g/mol. The number of hydrogen-bond acceptors (Lipinski definition) is 3. The maximum atomic E-state index is 5.94. The van der Waals surface area contributed by atoms with Gasteiger partial charge in [0.05, 0.1) is 22.3 Å². The van der Waals surface area contributed by atoms with Crippen LogP contribution in [-0.2, 0) is 16.1 Å². The Bertz CT molecular complexity index is 369. The van der Waals surface area contributed by atoms with Crippen LogP contribution in [0.1, 0.15) is 24.8 Å². The van der Waals surface area contributed by atoms with Gasteiger partial charge in [-0.25, -0.2) is 0 Å². The average Bonchev–Trinajstić information content (AvgIpc) is 2.34. The summed E-state index contributed by atoms with van der Waals surface area (Å²) in [6.07, 6.45) is 3.09. The summed E-state index contributed by atoms with van der Waals surface area (Å²) in [6.45, 7) is 1.21. The van der Waals surface area contributed by atoms with E-state index in [-0.39, 0.29) is 6.29 Å². The zero-order valence-electron chi connectivity index (χ0n) is 9.42. The summed E-state index contributed by atoms with van der Waals surface area (Å²) in [6, 6.07) is 3.54. The van der Waals surface area contributed by atoms with Crippen molar-refractivity contribution < 1.29 is 9.47 Å². The molecule has 1 unspecified atom stereocenters. The molecule has 94 valence electrons. The predicted molar refractivity (Wildman–Crippen MR) is 69.3 cm³/mol. The smallest absolute Gasteiger partial charge is 0.158 e. The molecule has 0 bridgehead atoms. The first-order valence-electron chi connectivity index (χ1n) is 5.63. The molecule has 17 heavy (non-hydrogen) atoms. The van der Waals surface area contributed by atoms with Crippen molar-refractivity contribution in [1.29, 1.82) is 0 Å². The minimum absolute atomic E-state index is 0.112. The molecule has 1 aromatic carbocycles. The van der Waals surface area contributed by atoms with E-state index in [1.807, 2.05) is 0 Å². The van der Waals surface area contributed by atoms with Gasteiger partial charge in [0.1, 0.15) is 0 Å². The highest BCUT2D eigenvalue weighted by atomic mass is 35.5. The molecule has 0 aromatic heterocycles. The lowest BCUT2D eigenvalue weighted by Crippen LogP contribution is -2.22. The fourth-order valence-electron chi connectivity index (χ4n) is 1.75. The Morgan fingerprint density at radius 2 is 2.00 bits per heavy atom. The summed E-state index contributed by atoms with van der Waals surface area (Å²) in [5.74, 6) is 0. The highest BCUT2D eigenvalue weighted by molar-refractivity contribution is 6.38. The van der Waals surface area contributed by atoms with Gasteiger partial charge in [-0.15, -0.1) is 0 Å². The molecule has 1 aromatic rings. The number of nitrogens with two attached hydrogens (primary N) is 1. The van der Waals surface area contributed by atoms with Gasteiger partial charge in [0.15, 0.2) is 6.29 Å². The van der Waals surface area contributed by atoms with E-state index in [4.69, 9.17) is 38.4 Å². The fraction of sp³-hybridized carbons (Fsp3) is 0.500. The van der Waals surface area contributed by atoms with Crippen LogP contribution >= 0.6 is 23.2 Å². The fourth-order valence-corrected chi connectivity index (χ4v) is 2.28. The van der Waals surface area contributed by atoms with Crippen LogP contribution in [0, 0.1) is 0 Å². The van der Waals surface area contributed by atoms with E-state index in [0.29, 0.717) is 22.3 Å². The number of nitrogen functional groups attached to an aromatic ring is 1. The SMILES string of the molecule is Nc1c(Cl)cc(COC2CCCCO2)cc1Cl. The number of rotatable bonds is 3. The van der Waals surface area contributed by atoms with Crippen LogP contribution in [0.2, 0.25) is 10.0 Å². The van der Waals surface area contributed by atoms with E-state index in [2.05, 4.69) is 0 Å². The van der Waals surface area contributed by atoms with E-state index in [1.165, 1.54) is 0 Å². The lowest BCUT2D eigenvalue weighted by molar-refractivity contribution is -0.168. The normalized spacial score (nSPS) is 20.5. The van der Waals surface area contributed by atoms with Gasteiger partial charge in [-0.05, 0) is 37.0 Å². The van der Waals surface area contributed by atoms with Crippen LogP contribution in [0.3, 0.4) is 0 Å². The summed E-state index contributed by atoms with van der Waals surface area (Å²) >= 11 is 11.9. The molecule has 1 saturated heterocycles. The summed E-state index contributed by atoms with van der Waals surface area (Å²) < 4.78 is 11.1. The Hall–Kier alpha value is -0.480. The summed E-state index contributed by atoms with van der Waals surface area (Å²) in [5.41, 5.74) is 6.97. The zero-order chi connectivity index (χ0) is 12.3. The van der Waals surface area contributed by atoms with E-state index in [1.54, 1.807) is 12.1 Å². The van der Waals surface area contributed by atoms with E-state index in [9.17, 15) is 0 Å². The topological polar surface area (TPSA) is 44.5 Å². The lowest BCUT2D eigenvalue weighted by Gasteiger charge is -2.22. The molecule has 1 aliphatic rings. The lowest BCUT2D eigenvalue weighted by atomic mass is 10.2. The molecule has 0 amide bonds. The Labute approximate surface area is 111 Å². The number of halogens is 2. The summed E-state index contributed by atoms with van der Waals surface area (Å²) in [7, 11) is 0.